The standard InChI is InChI=1S/C36H45F3N8O2S2/c1-4-41-34-42-32(30-18-27(19-36(37,38)39)50-33(30)43-34)46-14-10-35(23-46)9-13-45(22-35)21-25-5-6-31-29(24(25)2)17-26(20-40)47(31)16-15-44-11-7-28(8-12-44)51(3,48)49/h5-6,17-18,28H,4,7-16,19,21-23H2,1-3H3,(H,41,42,43). The third kappa shape index (κ3) is 7.56. The molecule has 3 aliphatic heterocycles. The van der Waals surface area contributed by atoms with E-state index in [9.17, 15) is 26.9 Å². The minimum atomic E-state index is -4.28. The molecule has 0 amide bonds. The van der Waals surface area contributed by atoms with Crippen molar-refractivity contribution >= 4 is 54.1 Å². The molecule has 3 aliphatic rings. The van der Waals surface area contributed by atoms with Gasteiger partial charge in [-0.05, 0) is 88.5 Å². The van der Waals surface area contributed by atoms with Crippen LogP contribution in [0, 0.1) is 23.7 Å². The highest BCUT2D eigenvalue weighted by molar-refractivity contribution is 7.91. The Morgan fingerprint density at radius 2 is 1.80 bits per heavy atom. The van der Waals surface area contributed by atoms with Gasteiger partial charge in [0.15, 0.2) is 0 Å². The zero-order chi connectivity index (χ0) is 36.1. The normalized spacial score (nSPS) is 21.1. The number of thiophene rings is 1. The number of hydrogen-bond donors (Lipinski definition) is 1. The zero-order valence-corrected chi connectivity index (χ0v) is 31.0. The van der Waals surface area contributed by atoms with Crippen molar-refractivity contribution in [3.63, 3.8) is 0 Å². The summed E-state index contributed by atoms with van der Waals surface area (Å²) in [5, 5.41) is 14.7. The first-order chi connectivity index (χ1) is 24.2. The summed E-state index contributed by atoms with van der Waals surface area (Å²) in [4.78, 5) is 17.2. The first kappa shape index (κ1) is 35.9. The fourth-order valence-electron chi connectivity index (χ4n) is 8.40. The van der Waals surface area contributed by atoms with Crippen LogP contribution in [0.1, 0.15) is 54.3 Å². The van der Waals surface area contributed by atoms with Crippen LogP contribution in [0.2, 0.25) is 0 Å². The van der Waals surface area contributed by atoms with Crippen LogP contribution >= 0.6 is 11.3 Å². The summed E-state index contributed by atoms with van der Waals surface area (Å²) < 4.78 is 65.8. The molecule has 7 rings (SSSR count). The fourth-order valence-corrected chi connectivity index (χ4v) is 10.5. The van der Waals surface area contributed by atoms with E-state index >= 15 is 0 Å². The molecule has 0 saturated carbocycles. The van der Waals surface area contributed by atoms with Gasteiger partial charge in [-0.2, -0.15) is 23.4 Å². The maximum atomic E-state index is 13.2. The maximum Gasteiger partial charge on any atom is 0.393 e. The van der Waals surface area contributed by atoms with Crippen LogP contribution in [0.4, 0.5) is 24.9 Å². The second kappa shape index (κ2) is 13.8. The minimum Gasteiger partial charge on any atom is -0.355 e. The number of likely N-dealkylation sites (tertiary alicyclic amines) is 2. The number of nitrogens with zero attached hydrogens (tertiary/aromatic N) is 7. The second-order valence-electron chi connectivity index (χ2n) is 14.7. The highest BCUT2D eigenvalue weighted by Gasteiger charge is 2.44. The number of rotatable bonds is 10. The molecule has 1 unspecified atom stereocenters. The van der Waals surface area contributed by atoms with Crippen molar-refractivity contribution in [1.29, 1.82) is 5.26 Å². The van der Waals surface area contributed by atoms with Crippen molar-refractivity contribution in [3.8, 4) is 6.07 Å². The van der Waals surface area contributed by atoms with E-state index in [1.54, 1.807) is 6.07 Å². The van der Waals surface area contributed by atoms with E-state index in [1.807, 2.05) is 13.0 Å². The van der Waals surface area contributed by atoms with Gasteiger partial charge in [-0.1, -0.05) is 6.07 Å². The van der Waals surface area contributed by atoms with Gasteiger partial charge >= 0.3 is 6.18 Å². The lowest BCUT2D eigenvalue weighted by Gasteiger charge is -2.31. The molecular formula is C36H45F3N8O2S2. The van der Waals surface area contributed by atoms with E-state index in [1.165, 1.54) is 17.4 Å². The first-order valence-corrected chi connectivity index (χ1v) is 20.5. The molecule has 1 aromatic carbocycles. The van der Waals surface area contributed by atoms with E-state index in [0.29, 0.717) is 53.6 Å². The summed E-state index contributed by atoms with van der Waals surface area (Å²) >= 11 is 1.09. The van der Waals surface area contributed by atoms with Crippen molar-refractivity contribution in [2.75, 3.05) is 68.8 Å². The third-order valence-corrected chi connectivity index (χ3v) is 13.9. The number of alkyl halides is 3. The van der Waals surface area contributed by atoms with E-state index in [4.69, 9.17) is 4.98 Å². The Hall–Kier alpha value is -3.45. The Morgan fingerprint density at radius 1 is 1.04 bits per heavy atom. The Kier molecular flexibility index (Phi) is 9.75. The Morgan fingerprint density at radius 3 is 2.51 bits per heavy atom. The molecule has 1 spiro atoms. The molecule has 15 heteroatoms. The van der Waals surface area contributed by atoms with Crippen LogP contribution in [-0.4, -0.2) is 103 Å². The Labute approximate surface area is 301 Å². The van der Waals surface area contributed by atoms with Crippen LogP contribution in [0.5, 0.6) is 0 Å². The number of piperidine rings is 1. The zero-order valence-electron chi connectivity index (χ0n) is 29.4. The van der Waals surface area contributed by atoms with Crippen LogP contribution in [0.3, 0.4) is 0 Å². The summed E-state index contributed by atoms with van der Waals surface area (Å²) in [7, 11) is -3.02. The van der Waals surface area contributed by atoms with Gasteiger partial charge in [-0.15, -0.1) is 11.3 Å². The summed E-state index contributed by atoms with van der Waals surface area (Å²) in [5.74, 6) is 1.16. The number of hydrogen-bond acceptors (Lipinski definition) is 10. The van der Waals surface area contributed by atoms with Gasteiger partial charge in [-0.3, -0.25) is 4.90 Å². The summed E-state index contributed by atoms with van der Waals surface area (Å²) in [5.41, 5.74) is 4.17. The molecule has 3 fully saturated rings. The average Bonchev–Trinajstić information content (AvgIpc) is 3.85. The SMILES string of the molecule is CCNc1nc(N2CCC3(CCN(Cc4ccc5c(cc(C#N)n5CCN5CCC(S(C)(=O)=O)CC5)c4C)C3)C2)c2cc(CC(F)(F)F)sc2n1. The molecule has 0 aliphatic carbocycles. The van der Waals surface area contributed by atoms with Gasteiger partial charge in [0.25, 0.3) is 0 Å². The van der Waals surface area contributed by atoms with E-state index in [2.05, 4.69) is 54.7 Å². The topological polar surface area (TPSA) is 110 Å². The second-order valence-corrected chi connectivity index (χ2v) is 18.1. The Balaban J connectivity index is 1.03. The quantitative estimate of drug-likeness (QED) is 0.210. The lowest BCUT2D eigenvalue weighted by molar-refractivity contribution is -0.126. The minimum absolute atomic E-state index is 0.0749. The molecule has 1 N–H and O–H groups in total. The monoisotopic (exact) mass is 742 g/mol. The predicted octanol–water partition coefficient (Wildman–Crippen LogP) is 5.97. The number of aryl methyl sites for hydroxylation is 1. The lowest BCUT2D eigenvalue weighted by Crippen LogP contribution is -2.40. The van der Waals surface area contributed by atoms with Gasteiger partial charge in [-0.25, -0.2) is 13.4 Å². The molecule has 10 nitrogen and oxygen atoms in total. The van der Waals surface area contributed by atoms with Gasteiger partial charge < -0.3 is 19.7 Å². The van der Waals surface area contributed by atoms with E-state index in [-0.39, 0.29) is 15.5 Å². The van der Waals surface area contributed by atoms with Crippen LogP contribution in [0.15, 0.2) is 24.3 Å². The van der Waals surface area contributed by atoms with E-state index in [0.717, 1.165) is 87.4 Å². The van der Waals surface area contributed by atoms with Gasteiger partial charge in [0.1, 0.15) is 32.2 Å². The number of sulfone groups is 1. The third-order valence-electron chi connectivity index (χ3n) is 11.1. The number of anilines is 2. The number of fused-ring (bicyclic) bond motifs is 2. The predicted molar refractivity (Wildman–Crippen MR) is 196 cm³/mol. The molecule has 4 aromatic rings. The van der Waals surface area contributed by atoms with Crippen molar-refractivity contribution in [1.82, 2.24) is 24.3 Å². The molecular weight excluding hydrogens is 698 g/mol. The van der Waals surface area contributed by atoms with Crippen molar-refractivity contribution in [3.05, 3.63) is 46.0 Å². The van der Waals surface area contributed by atoms with Crippen molar-refractivity contribution in [2.45, 2.75) is 70.5 Å². The number of aromatic nitrogens is 3. The fraction of sp³-hybridized carbons (Fsp3) is 0.583. The highest BCUT2D eigenvalue weighted by atomic mass is 32.2. The van der Waals surface area contributed by atoms with Crippen molar-refractivity contribution < 1.29 is 21.6 Å². The number of nitrogens with one attached hydrogen (secondary N) is 1. The van der Waals surface area contributed by atoms with Crippen LogP contribution in [0.25, 0.3) is 21.1 Å². The van der Waals surface area contributed by atoms with Gasteiger partial charge in [0.2, 0.25) is 5.95 Å². The van der Waals surface area contributed by atoms with E-state index < -0.39 is 22.4 Å². The molecule has 0 bridgehead atoms. The van der Waals surface area contributed by atoms with Crippen LogP contribution in [-0.2, 0) is 29.3 Å². The molecule has 3 aromatic heterocycles. The van der Waals surface area contributed by atoms with Crippen molar-refractivity contribution in [2.24, 2.45) is 5.41 Å². The van der Waals surface area contributed by atoms with Crippen LogP contribution < -0.4 is 10.2 Å². The molecule has 0 radical (unpaired) electrons. The Bertz CT molecular complexity index is 2080. The molecule has 274 valence electrons. The molecule has 1 atom stereocenters. The largest absolute Gasteiger partial charge is 0.393 e. The molecule has 6 heterocycles. The molecule has 3 saturated heterocycles. The number of benzene rings is 1. The summed E-state index contributed by atoms with van der Waals surface area (Å²) in [6.07, 6.45) is -0.592. The smallest absolute Gasteiger partial charge is 0.355 e. The number of nitriles is 1. The molecule has 51 heavy (non-hydrogen) atoms. The first-order valence-electron chi connectivity index (χ1n) is 17.8. The average molecular weight is 743 g/mol. The lowest BCUT2D eigenvalue weighted by atomic mass is 9.86. The van der Waals surface area contributed by atoms with Gasteiger partial charge in [0, 0.05) is 73.3 Å². The highest BCUT2D eigenvalue weighted by Crippen LogP contribution is 2.44. The summed E-state index contributed by atoms with van der Waals surface area (Å²) in [6.45, 7) is 11.9. The summed E-state index contributed by atoms with van der Waals surface area (Å²) in [6, 6.07) is 10.3. The maximum absolute atomic E-state index is 13.2. The number of halogens is 3. The van der Waals surface area contributed by atoms with Gasteiger partial charge in [0.05, 0.1) is 17.1 Å².